The lowest BCUT2D eigenvalue weighted by Gasteiger charge is -2.15. The number of halogens is 1. The maximum Gasteiger partial charge on any atom is 0.258 e. The first-order valence-electron chi connectivity index (χ1n) is 8.25. The molecule has 1 aliphatic rings. The minimum absolute atomic E-state index is 0.0196. The van der Waals surface area contributed by atoms with Gasteiger partial charge in [0.05, 0.1) is 6.54 Å². The van der Waals surface area contributed by atoms with Crippen LogP contribution in [0, 0.1) is 5.82 Å². The normalized spacial score (nSPS) is 13.4. The van der Waals surface area contributed by atoms with E-state index in [-0.39, 0.29) is 11.7 Å². The number of anilines is 1. The fourth-order valence-electron chi connectivity index (χ4n) is 3.29. The van der Waals surface area contributed by atoms with Gasteiger partial charge < -0.3 is 9.32 Å². The molecule has 2 heterocycles. The summed E-state index contributed by atoms with van der Waals surface area (Å²) in [5.41, 5.74) is 4.30. The summed E-state index contributed by atoms with van der Waals surface area (Å²) in [5, 5.41) is 0. The van der Waals surface area contributed by atoms with Crippen LogP contribution in [0.25, 0.3) is 22.6 Å². The van der Waals surface area contributed by atoms with Crippen molar-refractivity contribution in [3.63, 3.8) is 0 Å². The van der Waals surface area contributed by atoms with Crippen LogP contribution in [0.2, 0.25) is 0 Å². The van der Waals surface area contributed by atoms with Gasteiger partial charge in [-0.15, -0.1) is 0 Å². The smallest absolute Gasteiger partial charge is 0.258 e. The number of hydrogen-bond acceptors (Lipinski definition) is 3. The van der Waals surface area contributed by atoms with E-state index in [0.717, 1.165) is 16.8 Å². The Hall–Kier alpha value is -3.47. The van der Waals surface area contributed by atoms with Crippen LogP contribution in [0.3, 0.4) is 0 Å². The SMILES string of the molecule is O=C1c2ccccc2CN1c1ccc2oc(-c3cccc(F)c3)nc2c1. The number of fused-ring (bicyclic) bond motifs is 2. The van der Waals surface area contributed by atoms with Gasteiger partial charge in [-0.3, -0.25) is 4.79 Å². The molecular weight excluding hydrogens is 331 g/mol. The maximum absolute atomic E-state index is 13.4. The van der Waals surface area contributed by atoms with Crippen molar-refractivity contribution in [1.29, 1.82) is 0 Å². The van der Waals surface area contributed by atoms with Gasteiger partial charge in [0.2, 0.25) is 5.89 Å². The average Bonchev–Trinajstić information content (AvgIpc) is 3.23. The van der Waals surface area contributed by atoms with Crippen LogP contribution in [0.15, 0.2) is 71.1 Å². The van der Waals surface area contributed by atoms with Crippen molar-refractivity contribution in [2.24, 2.45) is 0 Å². The highest BCUT2D eigenvalue weighted by Crippen LogP contribution is 2.32. The van der Waals surface area contributed by atoms with Gasteiger partial charge in [0.15, 0.2) is 5.58 Å². The highest BCUT2D eigenvalue weighted by Gasteiger charge is 2.28. The molecule has 0 bridgehead atoms. The van der Waals surface area contributed by atoms with E-state index in [1.807, 2.05) is 36.4 Å². The third-order valence-corrected chi connectivity index (χ3v) is 4.58. The van der Waals surface area contributed by atoms with Gasteiger partial charge in [-0.25, -0.2) is 9.37 Å². The molecule has 126 valence electrons. The number of benzene rings is 3. The largest absolute Gasteiger partial charge is 0.436 e. The Morgan fingerprint density at radius 3 is 2.73 bits per heavy atom. The summed E-state index contributed by atoms with van der Waals surface area (Å²) in [4.78, 5) is 18.8. The van der Waals surface area contributed by atoms with Crippen LogP contribution in [-0.4, -0.2) is 10.9 Å². The average molecular weight is 344 g/mol. The molecule has 1 aromatic heterocycles. The third-order valence-electron chi connectivity index (χ3n) is 4.58. The lowest BCUT2D eigenvalue weighted by atomic mass is 10.1. The minimum atomic E-state index is -0.342. The molecule has 5 rings (SSSR count). The first-order valence-corrected chi connectivity index (χ1v) is 8.25. The molecule has 3 aromatic carbocycles. The summed E-state index contributed by atoms with van der Waals surface area (Å²) in [6.07, 6.45) is 0. The Labute approximate surface area is 148 Å². The molecule has 1 amide bonds. The van der Waals surface area contributed by atoms with Gasteiger partial charge in [-0.05, 0) is 48.0 Å². The van der Waals surface area contributed by atoms with E-state index in [9.17, 15) is 9.18 Å². The van der Waals surface area contributed by atoms with Crippen LogP contribution in [0.1, 0.15) is 15.9 Å². The van der Waals surface area contributed by atoms with E-state index in [4.69, 9.17) is 4.42 Å². The lowest BCUT2D eigenvalue weighted by Crippen LogP contribution is -2.22. The minimum Gasteiger partial charge on any atom is -0.436 e. The first-order chi connectivity index (χ1) is 12.7. The first kappa shape index (κ1) is 14.8. The van der Waals surface area contributed by atoms with Crippen LogP contribution >= 0.6 is 0 Å². The summed E-state index contributed by atoms with van der Waals surface area (Å²) in [7, 11) is 0. The molecule has 4 nitrogen and oxygen atoms in total. The van der Waals surface area contributed by atoms with Crippen LogP contribution < -0.4 is 4.90 Å². The van der Waals surface area contributed by atoms with Crippen molar-refractivity contribution in [3.05, 3.63) is 83.7 Å². The number of amides is 1. The molecule has 1 aliphatic heterocycles. The zero-order chi connectivity index (χ0) is 17.7. The Morgan fingerprint density at radius 1 is 1.00 bits per heavy atom. The highest BCUT2D eigenvalue weighted by molar-refractivity contribution is 6.10. The molecule has 0 atom stereocenters. The van der Waals surface area contributed by atoms with Crippen molar-refractivity contribution in [2.45, 2.75) is 6.54 Å². The summed E-state index contributed by atoms with van der Waals surface area (Å²) in [5.74, 6) is -0.00708. The molecule has 0 aliphatic carbocycles. The Kier molecular flexibility index (Phi) is 3.15. The van der Waals surface area contributed by atoms with Crippen molar-refractivity contribution in [2.75, 3.05) is 4.90 Å². The molecule has 0 saturated heterocycles. The molecular formula is C21H13FN2O2. The van der Waals surface area contributed by atoms with Gasteiger partial charge in [0.25, 0.3) is 5.91 Å². The number of carbonyl (C=O) groups excluding carboxylic acids is 1. The van der Waals surface area contributed by atoms with E-state index >= 15 is 0 Å². The van der Waals surface area contributed by atoms with E-state index in [0.29, 0.717) is 29.1 Å². The number of hydrogen-bond donors (Lipinski definition) is 0. The fourth-order valence-corrected chi connectivity index (χ4v) is 3.29. The number of aromatic nitrogens is 1. The van der Waals surface area contributed by atoms with E-state index in [1.165, 1.54) is 12.1 Å². The van der Waals surface area contributed by atoms with E-state index < -0.39 is 0 Å². The van der Waals surface area contributed by atoms with Crippen LogP contribution in [-0.2, 0) is 6.54 Å². The van der Waals surface area contributed by atoms with Gasteiger partial charge >= 0.3 is 0 Å². The van der Waals surface area contributed by atoms with Gasteiger partial charge in [-0.2, -0.15) is 0 Å². The number of nitrogens with zero attached hydrogens (tertiary/aromatic N) is 2. The predicted octanol–water partition coefficient (Wildman–Crippen LogP) is 4.79. The lowest BCUT2D eigenvalue weighted by molar-refractivity contribution is 0.0996. The number of oxazole rings is 1. The zero-order valence-electron chi connectivity index (χ0n) is 13.6. The second-order valence-electron chi connectivity index (χ2n) is 6.23. The van der Waals surface area contributed by atoms with Gasteiger partial charge in [0.1, 0.15) is 11.3 Å². The second kappa shape index (κ2) is 5.52. The molecule has 26 heavy (non-hydrogen) atoms. The van der Waals surface area contributed by atoms with E-state index in [1.54, 1.807) is 23.1 Å². The molecule has 0 spiro atoms. The standard InChI is InChI=1S/C21H13FN2O2/c22-15-6-3-5-13(10-15)20-23-18-11-16(8-9-19(18)26-20)24-12-14-4-1-2-7-17(14)21(24)25/h1-11H,12H2. The summed E-state index contributed by atoms with van der Waals surface area (Å²) >= 11 is 0. The van der Waals surface area contributed by atoms with Crippen molar-refractivity contribution < 1.29 is 13.6 Å². The van der Waals surface area contributed by atoms with E-state index in [2.05, 4.69) is 4.98 Å². The van der Waals surface area contributed by atoms with Gasteiger partial charge in [-0.1, -0.05) is 24.3 Å². The Balaban J connectivity index is 1.54. The molecule has 0 saturated carbocycles. The Morgan fingerprint density at radius 2 is 1.88 bits per heavy atom. The molecule has 0 unspecified atom stereocenters. The quantitative estimate of drug-likeness (QED) is 0.525. The fraction of sp³-hybridized carbons (Fsp3) is 0.0476. The molecule has 0 fully saturated rings. The maximum atomic E-state index is 13.4. The number of rotatable bonds is 2. The summed E-state index contributed by atoms with van der Waals surface area (Å²) in [6, 6.07) is 19.2. The molecule has 5 heteroatoms. The summed E-state index contributed by atoms with van der Waals surface area (Å²) in [6.45, 7) is 0.537. The number of carbonyl (C=O) groups is 1. The molecule has 0 N–H and O–H groups in total. The molecule has 4 aromatic rings. The van der Waals surface area contributed by atoms with Crippen LogP contribution in [0.4, 0.5) is 10.1 Å². The van der Waals surface area contributed by atoms with Gasteiger partial charge in [0, 0.05) is 16.8 Å². The topological polar surface area (TPSA) is 46.3 Å². The Bertz CT molecular complexity index is 1170. The predicted molar refractivity (Wildman–Crippen MR) is 96.4 cm³/mol. The highest BCUT2D eigenvalue weighted by atomic mass is 19.1. The second-order valence-corrected chi connectivity index (χ2v) is 6.23. The van der Waals surface area contributed by atoms with Crippen molar-refractivity contribution >= 4 is 22.7 Å². The van der Waals surface area contributed by atoms with Crippen LogP contribution in [0.5, 0.6) is 0 Å². The molecule has 0 radical (unpaired) electrons. The van der Waals surface area contributed by atoms with Crippen molar-refractivity contribution in [1.82, 2.24) is 4.98 Å². The monoisotopic (exact) mass is 344 g/mol. The zero-order valence-corrected chi connectivity index (χ0v) is 13.6. The van der Waals surface area contributed by atoms with Crippen molar-refractivity contribution in [3.8, 4) is 11.5 Å². The third kappa shape index (κ3) is 2.29. The summed E-state index contributed by atoms with van der Waals surface area (Å²) < 4.78 is 19.2.